The molecule has 0 unspecified atom stereocenters. The molecule has 0 saturated heterocycles. The molecule has 0 fully saturated rings. The zero-order valence-electron chi connectivity index (χ0n) is 9.20. The minimum absolute atomic E-state index is 0.0963. The van der Waals surface area contributed by atoms with Crippen LogP contribution in [0.25, 0.3) is 10.9 Å². The summed E-state index contributed by atoms with van der Waals surface area (Å²) in [5.74, 6) is 0. The number of aromatic nitrogens is 2. The topological polar surface area (TPSA) is 38.0 Å². The monoisotopic (exact) mass is 204 g/mol. The van der Waals surface area contributed by atoms with Crippen LogP contribution >= 0.6 is 0 Å². The molecular formula is C12H16N2O. The second kappa shape index (κ2) is 4.03. The summed E-state index contributed by atoms with van der Waals surface area (Å²) < 4.78 is 2.02. The quantitative estimate of drug-likeness (QED) is 0.832. The summed E-state index contributed by atoms with van der Waals surface area (Å²) in [7, 11) is 0. The molecule has 1 aromatic heterocycles. The molecule has 2 aromatic rings. The van der Waals surface area contributed by atoms with Crippen LogP contribution in [0, 0.1) is 6.92 Å². The van der Waals surface area contributed by atoms with Crippen molar-refractivity contribution in [2.45, 2.75) is 33.4 Å². The van der Waals surface area contributed by atoms with Crippen molar-refractivity contribution in [2.24, 2.45) is 0 Å². The molecule has 0 aliphatic heterocycles. The van der Waals surface area contributed by atoms with E-state index in [-0.39, 0.29) is 6.61 Å². The summed E-state index contributed by atoms with van der Waals surface area (Å²) >= 11 is 0. The van der Waals surface area contributed by atoms with E-state index in [2.05, 4.69) is 12.0 Å². The Morgan fingerprint density at radius 2 is 2.20 bits per heavy atom. The van der Waals surface area contributed by atoms with E-state index in [1.165, 1.54) is 0 Å². The Morgan fingerprint density at radius 1 is 1.40 bits per heavy atom. The van der Waals surface area contributed by atoms with Gasteiger partial charge in [-0.3, -0.25) is 4.68 Å². The van der Waals surface area contributed by atoms with Crippen LogP contribution in [0.4, 0.5) is 0 Å². The Labute approximate surface area is 89.3 Å². The minimum Gasteiger partial charge on any atom is -0.392 e. The van der Waals surface area contributed by atoms with Gasteiger partial charge in [-0.2, -0.15) is 5.10 Å². The first-order valence-electron chi connectivity index (χ1n) is 5.32. The average molecular weight is 204 g/mol. The summed E-state index contributed by atoms with van der Waals surface area (Å²) in [4.78, 5) is 0. The number of benzene rings is 1. The number of hydrogen-bond donors (Lipinski definition) is 1. The van der Waals surface area contributed by atoms with E-state index in [9.17, 15) is 5.11 Å². The summed E-state index contributed by atoms with van der Waals surface area (Å²) in [6, 6.07) is 3.99. The standard InChI is InChI=1S/C12H16N2O/c1-3-6-14-12-9(2)11(8-15)5-4-10(12)7-13-14/h4-5,7,15H,3,6,8H2,1-2H3. The fraction of sp³-hybridized carbons (Fsp3) is 0.417. The highest BCUT2D eigenvalue weighted by atomic mass is 16.3. The van der Waals surface area contributed by atoms with Gasteiger partial charge in [0.1, 0.15) is 0 Å². The number of aliphatic hydroxyl groups is 1. The van der Waals surface area contributed by atoms with Gasteiger partial charge in [-0.15, -0.1) is 0 Å². The Morgan fingerprint density at radius 3 is 2.87 bits per heavy atom. The van der Waals surface area contributed by atoms with Crippen LogP contribution < -0.4 is 0 Å². The highest BCUT2D eigenvalue weighted by Gasteiger charge is 2.07. The fourth-order valence-corrected chi connectivity index (χ4v) is 1.95. The third-order valence-electron chi connectivity index (χ3n) is 2.77. The van der Waals surface area contributed by atoms with Crippen molar-refractivity contribution >= 4 is 10.9 Å². The van der Waals surface area contributed by atoms with Crippen LogP contribution in [0.1, 0.15) is 24.5 Å². The lowest BCUT2D eigenvalue weighted by molar-refractivity contribution is 0.281. The highest BCUT2D eigenvalue weighted by molar-refractivity contribution is 5.82. The predicted octanol–water partition coefficient (Wildman–Crippen LogP) is 2.25. The van der Waals surface area contributed by atoms with Gasteiger partial charge in [0.15, 0.2) is 0 Å². The second-order valence-corrected chi connectivity index (χ2v) is 3.81. The molecule has 3 heteroatoms. The highest BCUT2D eigenvalue weighted by Crippen LogP contribution is 2.21. The number of nitrogens with zero attached hydrogens (tertiary/aromatic N) is 2. The molecular weight excluding hydrogens is 188 g/mol. The van der Waals surface area contributed by atoms with E-state index in [1.54, 1.807) is 0 Å². The molecule has 15 heavy (non-hydrogen) atoms. The van der Waals surface area contributed by atoms with Gasteiger partial charge in [-0.25, -0.2) is 0 Å². The molecule has 1 aromatic carbocycles. The molecule has 0 aliphatic rings. The van der Waals surface area contributed by atoms with Crippen molar-refractivity contribution < 1.29 is 5.11 Å². The van der Waals surface area contributed by atoms with Crippen LogP contribution in [0.5, 0.6) is 0 Å². The Bertz CT molecular complexity index is 474. The average Bonchev–Trinajstić information content (AvgIpc) is 2.64. The van der Waals surface area contributed by atoms with E-state index in [4.69, 9.17) is 0 Å². The van der Waals surface area contributed by atoms with Crippen LogP contribution in [0.3, 0.4) is 0 Å². The summed E-state index contributed by atoms with van der Waals surface area (Å²) in [5, 5.41) is 14.7. The van der Waals surface area contributed by atoms with Gasteiger partial charge in [0.05, 0.1) is 18.3 Å². The molecule has 0 amide bonds. The van der Waals surface area contributed by atoms with E-state index < -0.39 is 0 Å². The van der Waals surface area contributed by atoms with Crippen molar-refractivity contribution in [3.8, 4) is 0 Å². The smallest absolute Gasteiger partial charge is 0.0715 e. The Hall–Kier alpha value is -1.35. The molecule has 80 valence electrons. The number of hydrogen-bond acceptors (Lipinski definition) is 2. The minimum atomic E-state index is 0.0963. The maximum absolute atomic E-state index is 9.21. The first-order valence-corrected chi connectivity index (χ1v) is 5.32. The number of aryl methyl sites for hydroxylation is 2. The van der Waals surface area contributed by atoms with Crippen molar-refractivity contribution in [1.82, 2.24) is 9.78 Å². The summed E-state index contributed by atoms with van der Waals surface area (Å²) in [6.07, 6.45) is 2.96. The number of rotatable bonds is 3. The van der Waals surface area contributed by atoms with E-state index in [0.717, 1.165) is 35.0 Å². The third-order valence-corrected chi connectivity index (χ3v) is 2.77. The molecule has 0 spiro atoms. The van der Waals surface area contributed by atoms with Crippen LogP contribution in [0.15, 0.2) is 18.3 Å². The first kappa shape index (κ1) is 10.2. The van der Waals surface area contributed by atoms with Gasteiger partial charge >= 0.3 is 0 Å². The zero-order chi connectivity index (χ0) is 10.8. The molecule has 3 nitrogen and oxygen atoms in total. The molecule has 0 radical (unpaired) electrons. The maximum Gasteiger partial charge on any atom is 0.0715 e. The summed E-state index contributed by atoms with van der Waals surface area (Å²) in [5.41, 5.74) is 3.28. The van der Waals surface area contributed by atoms with Gasteiger partial charge in [0.25, 0.3) is 0 Å². The first-order chi connectivity index (χ1) is 7.27. The van der Waals surface area contributed by atoms with Crippen molar-refractivity contribution in [2.75, 3.05) is 0 Å². The molecule has 2 rings (SSSR count). The Kier molecular flexibility index (Phi) is 2.73. The second-order valence-electron chi connectivity index (χ2n) is 3.81. The molecule has 0 saturated carbocycles. The maximum atomic E-state index is 9.21. The summed E-state index contributed by atoms with van der Waals surface area (Å²) in [6.45, 7) is 5.21. The van der Waals surface area contributed by atoms with Crippen molar-refractivity contribution in [3.05, 3.63) is 29.5 Å². The van der Waals surface area contributed by atoms with Crippen molar-refractivity contribution in [1.29, 1.82) is 0 Å². The van der Waals surface area contributed by atoms with Gasteiger partial charge < -0.3 is 5.11 Å². The Balaban J connectivity index is 2.65. The molecule has 0 aliphatic carbocycles. The van der Waals surface area contributed by atoms with Crippen molar-refractivity contribution in [3.63, 3.8) is 0 Å². The van der Waals surface area contributed by atoms with E-state index >= 15 is 0 Å². The van der Waals surface area contributed by atoms with E-state index in [1.807, 2.05) is 29.9 Å². The predicted molar refractivity (Wildman–Crippen MR) is 60.7 cm³/mol. The van der Waals surface area contributed by atoms with E-state index in [0.29, 0.717) is 0 Å². The van der Waals surface area contributed by atoms with Gasteiger partial charge in [0, 0.05) is 11.9 Å². The van der Waals surface area contributed by atoms with Crippen LogP contribution in [0.2, 0.25) is 0 Å². The normalized spacial score (nSPS) is 11.1. The largest absolute Gasteiger partial charge is 0.392 e. The van der Waals surface area contributed by atoms with Gasteiger partial charge in [-0.05, 0) is 24.5 Å². The molecule has 0 atom stereocenters. The lowest BCUT2D eigenvalue weighted by Gasteiger charge is -2.07. The SMILES string of the molecule is CCCn1ncc2ccc(CO)c(C)c21. The molecule has 1 heterocycles. The van der Waals surface area contributed by atoms with Crippen LogP contribution in [-0.4, -0.2) is 14.9 Å². The van der Waals surface area contributed by atoms with Crippen LogP contribution in [-0.2, 0) is 13.2 Å². The van der Waals surface area contributed by atoms with Gasteiger partial charge in [0.2, 0.25) is 0 Å². The van der Waals surface area contributed by atoms with Gasteiger partial charge in [-0.1, -0.05) is 19.1 Å². The lowest BCUT2D eigenvalue weighted by Crippen LogP contribution is -2.01. The number of fused-ring (bicyclic) bond motifs is 1. The third kappa shape index (κ3) is 1.63. The number of aliphatic hydroxyl groups excluding tert-OH is 1. The lowest BCUT2D eigenvalue weighted by atomic mass is 10.1. The zero-order valence-corrected chi connectivity index (χ0v) is 9.20. The molecule has 1 N–H and O–H groups in total. The molecule has 0 bridgehead atoms. The fourth-order valence-electron chi connectivity index (χ4n) is 1.95.